The molecule has 0 aromatic carbocycles. The van der Waals surface area contributed by atoms with Gasteiger partial charge in [-0.05, 0) is 39.0 Å². The lowest BCUT2D eigenvalue weighted by molar-refractivity contribution is -0.131. The van der Waals surface area contributed by atoms with Crippen LogP contribution in [0.2, 0.25) is 0 Å². The number of hydrogen-bond acceptors (Lipinski definition) is 4. The standard InChI is InChI=1S/C20H36N2O4/c1-13(2)11-18(22-19(25)12-15(4)17(6)24)20(26)21-10-8-7-9-14(3)16(5)23/h13-15,18H,7-12H2,1-6H3,(H,21,26)(H,22,25). The number of carbonyl (C=O) groups excluding carboxylic acids is 4. The zero-order valence-corrected chi connectivity index (χ0v) is 17.2. The Morgan fingerprint density at radius 3 is 1.92 bits per heavy atom. The Morgan fingerprint density at radius 1 is 0.846 bits per heavy atom. The predicted molar refractivity (Wildman–Crippen MR) is 103 cm³/mol. The highest BCUT2D eigenvalue weighted by Gasteiger charge is 2.23. The predicted octanol–water partition coefficient (Wildman–Crippen LogP) is 2.64. The summed E-state index contributed by atoms with van der Waals surface area (Å²) in [6, 6.07) is -0.585. The molecular formula is C20H36N2O4. The van der Waals surface area contributed by atoms with Crippen LogP contribution in [-0.2, 0) is 19.2 Å². The SMILES string of the molecule is CC(=O)C(C)CCCCNC(=O)C(CC(C)C)NC(=O)CC(C)C(C)=O. The van der Waals surface area contributed by atoms with E-state index >= 15 is 0 Å². The molecule has 0 radical (unpaired) electrons. The van der Waals surface area contributed by atoms with Gasteiger partial charge in [0.25, 0.3) is 0 Å². The molecule has 2 N–H and O–H groups in total. The van der Waals surface area contributed by atoms with Crippen LogP contribution in [0.1, 0.15) is 73.6 Å². The van der Waals surface area contributed by atoms with Gasteiger partial charge in [-0.3, -0.25) is 19.2 Å². The van der Waals surface area contributed by atoms with E-state index in [2.05, 4.69) is 10.6 Å². The zero-order valence-electron chi connectivity index (χ0n) is 17.2. The molecule has 150 valence electrons. The van der Waals surface area contributed by atoms with Crippen molar-refractivity contribution in [3.05, 3.63) is 0 Å². The molecule has 0 aromatic rings. The van der Waals surface area contributed by atoms with Gasteiger partial charge in [-0.2, -0.15) is 0 Å². The van der Waals surface area contributed by atoms with E-state index in [-0.39, 0.29) is 47.6 Å². The fourth-order valence-corrected chi connectivity index (χ4v) is 2.49. The fraction of sp³-hybridized carbons (Fsp3) is 0.800. The van der Waals surface area contributed by atoms with E-state index in [4.69, 9.17) is 0 Å². The van der Waals surface area contributed by atoms with Gasteiger partial charge in [0, 0.05) is 24.8 Å². The molecule has 0 aromatic heterocycles. The minimum atomic E-state index is -0.585. The van der Waals surface area contributed by atoms with Crippen LogP contribution in [0.25, 0.3) is 0 Å². The molecule has 3 unspecified atom stereocenters. The van der Waals surface area contributed by atoms with Gasteiger partial charge in [0.2, 0.25) is 11.8 Å². The van der Waals surface area contributed by atoms with E-state index in [0.29, 0.717) is 13.0 Å². The number of hydrogen-bond donors (Lipinski definition) is 2. The first kappa shape index (κ1) is 24.3. The summed E-state index contributed by atoms with van der Waals surface area (Å²) >= 11 is 0. The van der Waals surface area contributed by atoms with Gasteiger partial charge in [0.05, 0.1) is 0 Å². The first-order valence-corrected chi connectivity index (χ1v) is 9.62. The second-order valence-electron chi connectivity index (χ2n) is 7.76. The van der Waals surface area contributed by atoms with Gasteiger partial charge in [-0.25, -0.2) is 0 Å². The third-order valence-electron chi connectivity index (χ3n) is 4.60. The summed E-state index contributed by atoms with van der Waals surface area (Å²) in [4.78, 5) is 47.0. The van der Waals surface area contributed by atoms with Crippen molar-refractivity contribution in [3.63, 3.8) is 0 Å². The number of unbranched alkanes of at least 4 members (excludes halogenated alkanes) is 1. The van der Waals surface area contributed by atoms with Gasteiger partial charge < -0.3 is 10.6 Å². The van der Waals surface area contributed by atoms with E-state index in [1.54, 1.807) is 13.8 Å². The van der Waals surface area contributed by atoms with Crippen LogP contribution in [0.15, 0.2) is 0 Å². The molecule has 6 heteroatoms. The Balaban J connectivity index is 4.40. The summed E-state index contributed by atoms with van der Waals surface area (Å²) in [6.45, 7) is 11.2. The third kappa shape index (κ3) is 11.0. The Morgan fingerprint density at radius 2 is 1.42 bits per heavy atom. The normalized spacial score (nSPS) is 14.4. The van der Waals surface area contributed by atoms with Crippen LogP contribution in [-0.4, -0.2) is 36.0 Å². The van der Waals surface area contributed by atoms with Crippen molar-refractivity contribution < 1.29 is 19.2 Å². The van der Waals surface area contributed by atoms with E-state index in [0.717, 1.165) is 19.3 Å². The summed E-state index contributed by atoms with van der Waals surface area (Å²) in [5.41, 5.74) is 0. The van der Waals surface area contributed by atoms with Gasteiger partial charge in [0.1, 0.15) is 17.6 Å². The van der Waals surface area contributed by atoms with Gasteiger partial charge in [-0.1, -0.05) is 34.1 Å². The summed E-state index contributed by atoms with van der Waals surface area (Å²) in [5, 5.41) is 5.63. The van der Waals surface area contributed by atoms with Gasteiger partial charge in [0.15, 0.2) is 0 Å². The lowest BCUT2D eigenvalue weighted by Gasteiger charge is -2.21. The van der Waals surface area contributed by atoms with Crippen LogP contribution >= 0.6 is 0 Å². The minimum absolute atomic E-state index is 0.0372. The Kier molecular flexibility index (Phi) is 11.8. The van der Waals surface area contributed by atoms with Gasteiger partial charge in [-0.15, -0.1) is 0 Å². The molecule has 0 saturated carbocycles. The first-order chi connectivity index (χ1) is 12.0. The molecule has 0 aliphatic heterocycles. The lowest BCUT2D eigenvalue weighted by Crippen LogP contribution is -2.48. The van der Waals surface area contributed by atoms with E-state index < -0.39 is 6.04 Å². The van der Waals surface area contributed by atoms with E-state index in [1.165, 1.54) is 6.92 Å². The Hall–Kier alpha value is -1.72. The van der Waals surface area contributed by atoms with Crippen molar-refractivity contribution >= 4 is 23.4 Å². The molecule has 2 amide bonds. The molecule has 0 aliphatic carbocycles. The zero-order chi connectivity index (χ0) is 20.3. The largest absolute Gasteiger partial charge is 0.354 e. The highest BCUT2D eigenvalue weighted by molar-refractivity contribution is 5.90. The van der Waals surface area contributed by atoms with Crippen LogP contribution < -0.4 is 10.6 Å². The molecule has 0 rings (SSSR count). The molecule has 0 fully saturated rings. The van der Waals surface area contributed by atoms with Crippen LogP contribution in [0, 0.1) is 17.8 Å². The topological polar surface area (TPSA) is 92.3 Å². The van der Waals surface area contributed by atoms with Gasteiger partial charge >= 0.3 is 0 Å². The quantitative estimate of drug-likeness (QED) is 0.489. The average Bonchev–Trinajstić information content (AvgIpc) is 2.52. The molecular weight excluding hydrogens is 332 g/mol. The number of amides is 2. The molecule has 0 aliphatic rings. The minimum Gasteiger partial charge on any atom is -0.354 e. The van der Waals surface area contributed by atoms with Crippen molar-refractivity contribution in [1.82, 2.24) is 10.6 Å². The molecule has 0 saturated heterocycles. The maximum atomic E-state index is 12.4. The van der Waals surface area contributed by atoms with Crippen molar-refractivity contribution in [2.75, 3.05) is 6.54 Å². The maximum Gasteiger partial charge on any atom is 0.242 e. The second-order valence-corrected chi connectivity index (χ2v) is 7.76. The van der Waals surface area contributed by atoms with Crippen molar-refractivity contribution in [1.29, 1.82) is 0 Å². The third-order valence-corrected chi connectivity index (χ3v) is 4.60. The number of Topliss-reactive ketones (excluding diaryl/α,β-unsaturated/α-hetero) is 2. The fourth-order valence-electron chi connectivity index (χ4n) is 2.49. The smallest absolute Gasteiger partial charge is 0.242 e. The Labute approximate surface area is 157 Å². The molecule has 0 heterocycles. The second kappa shape index (κ2) is 12.6. The molecule has 0 spiro atoms. The number of carbonyl (C=O) groups is 4. The monoisotopic (exact) mass is 368 g/mol. The number of ketones is 2. The van der Waals surface area contributed by atoms with Crippen LogP contribution in [0.5, 0.6) is 0 Å². The molecule has 26 heavy (non-hydrogen) atoms. The summed E-state index contributed by atoms with van der Waals surface area (Å²) in [5.74, 6) is -0.347. The lowest BCUT2D eigenvalue weighted by atomic mass is 10.00. The molecule has 0 bridgehead atoms. The first-order valence-electron chi connectivity index (χ1n) is 9.62. The average molecular weight is 369 g/mol. The maximum absolute atomic E-state index is 12.4. The van der Waals surface area contributed by atoms with E-state index in [9.17, 15) is 19.2 Å². The molecule has 3 atom stereocenters. The van der Waals surface area contributed by atoms with Crippen LogP contribution in [0.3, 0.4) is 0 Å². The number of rotatable bonds is 13. The van der Waals surface area contributed by atoms with Crippen molar-refractivity contribution in [3.8, 4) is 0 Å². The highest BCUT2D eigenvalue weighted by Crippen LogP contribution is 2.09. The van der Waals surface area contributed by atoms with Crippen molar-refractivity contribution in [2.24, 2.45) is 17.8 Å². The summed E-state index contributed by atoms with van der Waals surface area (Å²) < 4.78 is 0. The summed E-state index contributed by atoms with van der Waals surface area (Å²) in [7, 11) is 0. The van der Waals surface area contributed by atoms with Crippen LogP contribution in [0.4, 0.5) is 0 Å². The molecule has 6 nitrogen and oxygen atoms in total. The van der Waals surface area contributed by atoms with Crippen molar-refractivity contribution in [2.45, 2.75) is 79.7 Å². The Bertz CT molecular complexity index is 488. The summed E-state index contributed by atoms with van der Waals surface area (Å²) in [6.07, 6.45) is 3.14. The number of nitrogens with one attached hydrogen (secondary N) is 2. The highest BCUT2D eigenvalue weighted by atomic mass is 16.2. The van der Waals surface area contributed by atoms with E-state index in [1.807, 2.05) is 20.8 Å².